The molecule has 1 N–H and O–H groups in total. The number of benzene rings is 1. The van der Waals surface area contributed by atoms with Gasteiger partial charge in [-0.3, -0.25) is 4.21 Å². The Bertz CT molecular complexity index is 456. The van der Waals surface area contributed by atoms with Gasteiger partial charge in [0.05, 0.1) is 11.6 Å². The molecule has 2 atom stereocenters. The number of rotatable bonds is 5. The van der Waals surface area contributed by atoms with Crippen LogP contribution in [0.25, 0.3) is 0 Å². The number of nitriles is 1. The normalized spacial score (nSPS) is 14.0. The average molecular weight is 271 g/mol. The average Bonchev–Trinajstić information content (AvgIpc) is 2.30. The number of nitrogens with zero attached hydrogens (tertiary/aromatic N) is 1. The fraction of sp³-hybridized carbons (Fsp3) is 0.417. The number of hydrogen-bond acceptors (Lipinski definition) is 3. The number of nitrogens with one attached hydrogen (secondary N) is 1. The summed E-state index contributed by atoms with van der Waals surface area (Å²) in [4.78, 5) is 0. The van der Waals surface area contributed by atoms with Crippen molar-refractivity contribution in [1.82, 2.24) is 5.32 Å². The Kier molecular flexibility index (Phi) is 5.63. The van der Waals surface area contributed by atoms with Gasteiger partial charge in [-0.15, -0.1) is 0 Å². The second kappa shape index (κ2) is 6.75. The van der Waals surface area contributed by atoms with Gasteiger partial charge in [0.15, 0.2) is 0 Å². The van der Waals surface area contributed by atoms with Gasteiger partial charge in [0.25, 0.3) is 0 Å². The molecule has 0 aromatic heterocycles. The van der Waals surface area contributed by atoms with Crippen molar-refractivity contribution >= 4 is 22.4 Å². The fourth-order valence-corrected chi connectivity index (χ4v) is 1.89. The lowest BCUT2D eigenvalue weighted by Gasteiger charge is -2.10. The Hall–Kier alpha value is -0.890. The monoisotopic (exact) mass is 270 g/mol. The molecule has 0 saturated carbocycles. The Morgan fingerprint density at radius 3 is 2.82 bits per heavy atom. The van der Waals surface area contributed by atoms with Gasteiger partial charge < -0.3 is 5.32 Å². The third-order valence-electron chi connectivity index (χ3n) is 2.50. The van der Waals surface area contributed by atoms with Gasteiger partial charge in [0, 0.05) is 40.4 Å². The van der Waals surface area contributed by atoms with E-state index >= 15 is 0 Å². The highest BCUT2D eigenvalue weighted by Crippen LogP contribution is 2.17. The molecule has 0 aliphatic carbocycles. The van der Waals surface area contributed by atoms with E-state index in [1.54, 1.807) is 18.4 Å². The van der Waals surface area contributed by atoms with E-state index in [9.17, 15) is 4.21 Å². The fourth-order valence-electron chi connectivity index (χ4n) is 1.29. The predicted molar refractivity (Wildman–Crippen MR) is 71.4 cm³/mol. The van der Waals surface area contributed by atoms with E-state index in [-0.39, 0.29) is 5.25 Å². The van der Waals surface area contributed by atoms with Crippen molar-refractivity contribution in [2.24, 2.45) is 0 Å². The quantitative estimate of drug-likeness (QED) is 0.891. The van der Waals surface area contributed by atoms with Crippen LogP contribution in [0.4, 0.5) is 0 Å². The molecule has 92 valence electrons. The van der Waals surface area contributed by atoms with Crippen LogP contribution in [0, 0.1) is 11.3 Å². The minimum atomic E-state index is -0.817. The highest BCUT2D eigenvalue weighted by Gasteiger charge is 2.06. The standard InChI is InChI=1S/C12H15ClN2OS/c1-9(17(2)16)7-15-8-11-4-3-10(6-14)5-12(11)13/h3-5,9,15H,7-8H2,1-2H3. The van der Waals surface area contributed by atoms with Crippen LogP contribution in [0.1, 0.15) is 18.1 Å². The highest BCUT2D eigenvalue weighted by atomic mass is 35.5. The molecule has 1 aromatic carbocycles. The summed E-state index contributed by atoms with van der Waals surface area (Å²) < 4.78 is 11.1. The van der Waals surface area contributed by atoms with Crippen LogP contribution in [-0.2, 0) is 17.3 Å². The third-order valence-corrected chi connectivity index (χ3v) is 4.15. The van der Waals surface area contributed by atoms with Gasteiger partial charge >= 0.3 is 0 Å². The summed E-state index contributed by atoms with van der Waals surface area (Å²) >= 11 is 6.03. The maximum absolute atomic E-state index is 11.1. The smallest absolute Gasteiger partial charge is 0.0992 e. The topological polar surface area (TPSA) is 52.9 Å². The molecule has 0 spiro atoms. The summed E-state index contributed by atoms with van der Waals surface area (Å²) in [6.45, 7) is 3.23. The van der Waals surface area contributed by atoms with Crippen LogP contribution in [0.15, 0.2) is 18.2 Å². The Labute approximate surface area is 109 Å². The van der Waals surface area contributed by atoms with E-state index in [2.05, 4.69) is 5.32 Å². The molecule has 0 aliphatic heterocycles. The van der Waals surface area contributed by atoms with E-state index in [4.69, 9.17) is 16.9 Å². The molecule has 3 nitrogen and oxygen atoms in total. The molecule has 1 rings (SSSR count). The van der Waals surface area contributed by atoms with Gasteiger partial charge in [-0.25, -0.2) is 0 Å². The minimum Gasteiger partial charge on any atom is -0.311 e. The van der Waals surface area contributed by atoms with Gasteiger partial charge in [-0.2, -0.15) is 5.26 Å². The molecule has 1 aromatic rings. The molecule has 0 fully saturated rings. The molecular weight excluding hydrogens is 256 g/mol. The van der Waals surface area contributed by atoms with E-state index in [0.717, 1.165) is 5.56 Å². The molecule has 0 bridgehead atoms. The van der Waals surface area contributed by atoms with Crippen molar-refractivity contribution in [2.75, 3.05) is 12.8 Å². The van der Waals surface area contributed by atoms with Gasteiger partial charge in [-0.05, 0) is 24.6 Å². The summed E-state index contributed by atoms with van der Waals surface area (Å²) in [5.74, 6) is 0. The second-order valence-corrected chi connectivity index (χ2v) is 6.07. The molecular formula is C12H15ClN2OS. The zero-order valence-corrected chi connectivity index (χ0v) is 11.4. The first-order chi connectivity index (χ1) is 8.04. The zero-order valence-electron chi connectivity index (χ0n) is 9.87. The first-order valence-corrected chi connectivity index (χ1v) is 7.26. The van der Waals surface area contributed by atoms with Crippen LogP contribution in [-0.4, -0.2) is 22.3 Å². The summed E-state index contributed by atoms with van der Waals surface area (Å²) in [5, 5.41) is 12.6. The van der Waals surface area contributed by atoms with Crippen LogP contribution < -0.4 is 5.32 Å². The van der Waals surface area contributed by atoms with Crippen molar-refractivity contribution in [1.29, 1.82) is 5.26 Å². The maximum atomic E-state index is 11.1. The number of halogens is 1. The second-order valence-electron chi connectivity index (χ2n) is 3.86. The van der Waals surface area contributed by atoms with E-state index in [0.29, 0.717) is 23.7 Å². The molecule has 0 radical (unpaired) electrons. The van der Waals surface area contributed by atoms with Crippen LogP contribution in [0.3, 0.4) is 0 Å². The molecule has 0 saturated heterocycles. The van der Waals surface area contributed by atoms with E-state index < -0.39 is 10.8 Å². The van der Waals surface area contributed by atoms with Crippen LogP contribution >= 0.6 is 11.6 Å². The summed E-state index contributed by atoms with van der Waals surface area (Å²) in [6, 6.07) is 7.27. The first-order valence-electron chi connectivity index (χ1n) is 5.26. The van der Waals surface area contributed by atoms with Crippen LogP contribution in [0.2, 0.25) is 5.02 Å². The van der Waals surface area contributed by atoms with E-state index in [1.807, 2.05) is 19.1 Å². The minimum absolute atomic E-state index is 0.118. The highest BCUT2D eigenvalue weighted by molar-refractivity contribution is 7.84. The van der Waals surface area contributed by atoms with Crippen molar-refractivity contribution in [3.8, 4) is 6.07 Å². The van der Waals surface area contributed by atoms with Crippen molar-refractivity contribution in [2.45, 2.75) is 18.7 Å². The van der Waals surface area contributed by atoms with Gasteiger partial charge in [0.2, 0.25) is 0 Å². The summed E-state index contributed by atoms with van der Waals surface area (Å²) in [5.41, 5.74) is 1.50. The van der Waals surface area contributed by atoms with Crippen molar-refractivity contribution < 1.29 is 4.21 Å². The van der Waals surface area contributed by atoms with Crippen molar-refractivity contribution in [3.63, 3.8) is 0 Å². The molecule has 5 heteroatoms. The molecule has 0 heterocycles. The Morgan fingerprint density at radius 2 is 2.29 bits per heavy atom. The lowest BCUT2D eigenvalue weighted by molar-refractivity contribution is 0.647. The zero-order chi connectivity index (χ0) is 12.8. The molecule has 17 heavy (non-hydrogen) atoms. The van der Waals surface area contributed by atoms with Gasteiger partial charge in [0.1, 0.15) is 0 Å². The Morgan fingerprint density at radius 1 is 1.59 bits per heavy atom. The van der Waals surface area contributed by atoms with Crippen LogP contribution in [0.5, 0.6) is 0 Å². The summed E-state index contributed by atoms with van der Waals surface area (Å²) in [7, 11) is -0.817. The predicted octanol–water partition coefficient (Wildman–Crippen LogP) is 2.07. The lowest BCUT2D eigenvalue weighted by atomic mass is 10.1. The SMILES string of the molecule is CC(CNCc1ccc(C#N)cc1Cl)S(C)=O. The molecule has 0 amide bonds. The largest absolute Gasteiger partial charge is 0.311 e. The van der Waals surface area contributed by atoms with Crippen molar-refractivity contribution in [3.05, 3.63) is 34.3 Å². The lowest BCUT2D eigenvalue weighted by Crippen LogP contribution is -2.27. The molecule has 0 aliphatic rings. The molecule has 2 unspecified atom stereocenters. The summed E-state index contributed by atoms with van der Waals surface area (Å²) in [6.07, 6.45) is 1.70. The first kappa shape index (κ1) is 14.2. The maximum Gasteiger partial charge on any atom is 0.0992 e. The Balaban J connectivity index is 2.53. The third kappa shape index (κ3) is 4.47. The number of hydrogen-bond donors (Lipinski definition) is 1. The van der Waals surface area contributed by atoms with Gasteiger partial charge in [-0.1, -0.05) is 17.7 Å². The van der Waals surface area contributed by atoms with E-state index in [1.165, 1.54) is 0 Å².